The van der Waals surface area contributed by atoms with Crippen LogP contribution in [0.3, 0.4) is 0 Å². The minimum absolute atomic E-state index is 0.0857. The largest absolute Gasteiger partial charge is 0.497 e. The van der Waals surface area contributed by atoms with Gasteiger partial charge in [0.15, 0.2) is 11.5 Å². The SMILES string of the molecule is COc1ccc(C2C3=C(OC4CCC(C)CC4C3=O)C(=O)N2Cc2ccccc2)cc1. The van der Waals surface area contributed by atoms with E-state index in [-0.39, 0.29) is 29.5 Å². The Labute approximate surface area is 182 Å². The van der Waals surface area contributed by atoms with Gasteiger partial charge in [0.05, 0.1) is 24.6 Å². The molecular weight excluding hydrogens is 390 g/mol. The molecule has 4 atom stereocenters. The Balaban J connectivity index is 1.57. The van der Waals surface area contributed by atoms with Crippen LogP contribution in [0.1, 0.15) is 43.4 Å². The van der Waals surface area contributed by atoms with E-state index >= 15 is 0 Å². The van der Waals surface area contributed by atoms with E-state index in [0.29, 0.717) is 18.0 Å². The van der Waals surface area contributed by atoms with Crippen LogP contribution in [0, 0.1) is 11.8 Å². The maximum atomic E-state index is 13.7. The first kappa shape index (κ1) is 19.9. The summed E-state index contributed by atoms with van der Waals surface area (Å²) >= 11 is 0. The first-order valence-electron chi connectivity index (χ1n) is 11.0. The number of hydrogen-bond donors (Lipinski definition) is 0. The van der Waals surface area contributed by atoms with Crippen molar-refractivity contribution in [3.8, 4) is 5.75 Å². The second-order valence-electron chi connectivity index (χ2n) is 8.88. The van der Waals surface area contributed by atoms with E-state index in [0.717, 1.165) is 36.1 Å². The molecule has 0 saturated heterocycles. The van der Waals surface area contributed by atoms with E-state index in [2.05, 4.69) is 6.92 Å². The van der Waals surface area contributed by atoms with Crippen LogP contribution in [0.5, 0.6) is 5.75 Å². The molecule has 0 aromatic heterocycles. The first-order chi connectivity index (χ1) is 15.1. The number of ketones is 1. The Bertz CT molecular complexity index is 1030. The van der Waals surface area contributed by atoms with Crippen molar-refractivity contribution in [2.75, 3.05) is 7.11 Å². The summed E-state index contributed by atoms with van der Waals surface area (Å²) in [6, 6.07) is 17.1. The Morgan fingerprint density at radius 1 is 1.03 bits per heavy atom. The standard InChI is InChI=1S/C26H27NO4/c1-16-8-13-21-20(14-16)24(28)22-23(18-9-11-19(30-2)12-10-18)27(26(29)25(22)31-21)15-17-6-4-3-5-7-17/h3-7,9-12,16,20-21,23H,8,13-15H2,1-2H3. The number of benzene rings is 2. The van der Waals surface area contributed by atoms with Gasteiger partial charge in [-0.3, -0.25) is 9.59 Å². The molecule has 1 fully saturated rings. The lowest BCUT2D eigenvalue weighted by atomic mass is 9.74. The Morgan fingerprint density at radius 3 is 2.48 bits per heavy atom. The molecule has 2 aromatic carbocycles. The van der Waals surface area contributed by atoms with E-state index < -0.39 is 6.04 Å². The molecule has 1 aliphatic carbocycles. The third-order valence-electron chi connectivity index (χ3n) is 6.83. The van der Waals surface area contributed by atoms with E-state index in [4.69, 9.17) is 9.47 Å². The molecule has 0 spiro atoms. The summed E-state index contributed by atoms with van der Waals surface area (Å²) in [5.41, 5.74) is 2.45. The lowest BCUT2D eigenvalue weighted by Crippen LogP contribution is -2.41. The van der Waals surface area contributed by atoms with Gasteiger partial charge >= 0.3 is 0 Å². The van der Waals surface area contributed by atoms with Crippen LogP contribution in [0.25, 0.3) is 0 Å². The van der Waals surface area contributed by atoms with Crippen molar-refractivity contribution in [2.24, 2.45) is 11.8 Å². The zero-order valence-corrected chi connectivity index (χ0v) is 17.9. The third kappa shape index (κ3) is 3.42. The van der Waals surface area contributed by atoms with Crippen LogP contribution in [0.4, 0.5) is 0 Å². The number of ether oxygens (including phenoxy) is 2. The Morgan fingerprint density at radius 2 is 1.77 bits per heavy atom. The number of Topliss-reactive ketones (excluding diaryl/α,β-unsaturated/α-hetero) is 1. The summed E-state index contributed by atoms with van der Waals surface area (Å²) in [6.45, 7) is 2.61. The van der Waals surface area contributed by atoms with Gasteiger partial charge in [0.25, 0.3) is 5.91 Å². The molecular formula is C26H27NO4. The molecule has 0 N–H and O–H groups in total. The minimum Gasteiger partial charge on any atom is -0.497 e. The van der Waals surface area contributed by atoms with Crippen molar-refractivity contribution < 1.29 is 19.1 Å². The van der Waals surface area contributed by atoms with E-state index in [1.54, 1.807) is 12.0 Å². The zero-order valence-electron chi connectivity index (χ0n) is 17.9. The van der Waals surface area contributed by atoms with Crippen LogP contribution in [-0.2, 0) is 20.9 Å². The number of amides is 1. The highest BCUT2D eigenvalue weighted by molar-refractivity contribution is 6.11. The predicted molar refractivity (Wildman–Crippen MR) is 116 cm³/mol. The van der Waals surface area contributed by atoms with Crippen LogP contribution in [0.2, 0.25) is 0 Å². The number of carbonyl (C=O) groups is 2. The Kier molecular flexibility index (Phi) is 5.05. The molecule has 4 unspecified atom stereocenters. The van der Waals surface area contributed by atoms with Crippen LogP contribution in [0.15, 0.2) is 65.9 Å². The highest BCUT2D eigenvalue weighted by atomic mass is 16.5. The monoisotopic (exact) mass is 417 g/mol. The molecule has 5 rings (SSSR count). The van der Waals surface area contributed by atoms with Crippen molar-refractivity contribution in [3.63, 3.8) is 0 Å². The second kappa shape index (κ2) is 7.88. The molecule has 5 nitrogen and oxygen atoms in total. The van der Waals surface area contributed by atoms with Crippen molar-refractivity contribution in [1.29, 1.82) is 0 Å². The van der Waals surface area contributed by atoms with Crippen molar-refractivity contribution >= 4 is 11.7 Å². The van der Waals surface area contributed by atoms with Crippen molar-refractivity contribution in [3.05, 3.63) is 77.1 Å². The number of carbonyl (C=O) groups excluding carboxylic acids is 2. The van der Waals surface area contributed by atoms with E-state index in [1.165, 1.54) is 0 Å². The summed E-state index contributed by atoms with van der Waals surface area (Å²) < 4.78 is 11.6. The van der Waals surface area contributed by atoms with Crippen LogP contribution in [-0.4, -0.2) is 29.8 Å². The summed E-state index contributed by atoms with van der Waals surface area (Å²) in [7, 11) is 1.62. The van der Waals surface area contributed by atoms with Gasteiger partial charge in [0, 0.05) is 6.54 Å². The van der Waals surface area contributed by atoms with Gasteiger partial charge in [0.1, 0.15) is 11.9 Å². The fourth-order valence-electron chi connectivity index (χ4n) is 5.20. The lowest BCUT2D eigenvalue weighted by molar-refractivity contribution is -0.136. The molecule has 2 aromatic rings. The molecule has 160 valence electrons. The van der Waals surface area contributed by atoms with E-state index in [9.17, 15) is 9.59 Å². The zero-order chi connectivity index (χ0) is 21.5. The summed E-state index contributed by atoms with van der Waals surface area (Å²) in [5, 5.41) is 0. The molecule has 1 saturated carbocycles. The topological polar surface area (TPSA) is 55.8 Å². The van der Waals surface area contributed by atoms with Gasteiger partial charge < -0.3 is 14.4 Å². The number of methoxy groups -OCH3 is 1. The average Bonchev–Trinajstić information content (AvgIpc) is 3.07. The highest BCUT2D eigenvalue weighted by Gasteiger charge is 2.52. The average molecular weight is 418 g/mol. The molecule has 0 radical (unpaired) electrons. The molecule has 2 heterocycles. The predicted octanol–water partition coefficient (Wildman–Crippen LogP) is 4.44. The van der Waals surface area contributed by atoms with Gasteiger partial charge in [-0.15, -0.1) is 0 Å². The second-order valence-corrected chi connectivity index (χ2v) is 8.88. The minimum atomic E-state index is -0.445. The first-order valence-corrected chi connectivity index (χ1v) is 11.0. The highest BCUT2D eigenvalue weighted by Crippen LogP contribution is 2.48. The molecule has 2 aliphatic heterocycles. The fourth-order valence-corrected chi connectivity index (χ4v) is 5.20. The number of fused-ring (bicyclic) bond motifs is 1. The van der Waals surface area contributed by atoms with Gasteiger partial charge in [0.2, 0.25) is 0 Å². The summed E-state index contributed by atoms with van der Waals surface area (Å²) in [6.07, 6.45) is 2.50. The third-order valence-corrected chi connectivity index (χ3v) is 6.83. The molecule has 5 heteroatoms. The van der Waals surface area contributed by atoms with Crippen LogP contribution < -0.4 is 4.74 Å². The van der Waals surface area contributed by atoms with Crippen LogP contribution >= 0.6 is 0 Å². The van der Waals surface area contributed by atoms with Crippen molar-refractivity contribution in [2.45, 2.75) is 44.9 Å². The van der Waals surface area contributed by atoms with Crippen molar-refractivity contribution in [1.82, 2.24) is 4.90 Å². The quantitative estimate of drug-likeness (QED) is 0.738. The fraction of sp³-hybridized carbons (Fsp3) is 0.385. The molecule has 31 heavy (non-hydrogen) atoms. The number of nitrogens with zero attached hydrogens (tertiary/aromatic N) is 1. The molecule has 0 bridgehead atoms. The van der Waals surface area contributed by atoms with Gasteiger partial charge in [-0.2, -0.15) is 0 Å². The maximum Gasteiger partial charge on any atom is 0.290 e. The number of hydrogen-bond acceptors (Lipinski definition) is 4. The molecule has 3 aliphatic rings. The van der Waals surface area contributed by atoms with Gasteiger partial charge in [-0.25, -0.2) is 0 Å². The van der Waals surface area contributed by atoms with Gasteiger partial charge in [-0.1, -0.05) is 49.4 Å². The molecule has 1 amide bonds. The normalized spacial score (nSPS) is 27.6. The number of rotatable bonds is 4. The van der Waals surface area contributed by atoms with Gasteiger partial charge in [-0.05, 0) is 48.4 Å². The lowest BCUT2D eigenvalue weighted by Gasteiger charge is -2.37. The summed E-state index contributed by atoms with van der Waals surface area (Å²) in [5.74, 6) is 1.23. The summed E-state index contributed by atoms with van der Waals surface area (Å²) in [4.78, 5) is 29.0. The van der Waals surface area contributed by atoms with E-state index in [1.807, 2.05) is 54.6 Å². The smallest absolute Gasteiger partial charge is 0.290 e. The maximum absolute atomic E-state index is 13.7. The Hall–Kier alpha value is -3.08.